The highest BCUT2D eigenvalue weighted by atomic mass is 79.9. The van der Waals surface area contributed by atoms with Gasteiger partial charge in [0, 0.05) is 4.83 Å². The first kappa shape index (κ1) is 6.34. The normalized spacial score (nSPS) is 29.8. The fourth-order valence-electron chi connectivity index (χ4n) is 0.933. The molecule has 1 heteroatoms. The van der Waals surface area contributed by atoms with Crippen LogP contribution in [0.3, 0.4) is 0 Å². The lowest BCUT2D eigenvalue weighted by Crippen LogP contribution is -2.01. The summed E-state index contributed by atoms with van der Waals surface area (Å²) in [6.07, 6.45) is 6.16. The fourth-order valence-corrected chi connectivity index (χ4v) is 1.35. The smallest absolute Gasteiger partial charge is 0.0183 e. The summed E-state index contributed by atoms with van der Waals surface area (Å²) in [4.78, 5) is 0.756. The maximum atomic E-state index is 3.57. The molecule has 0 amide bonds. The van der Waals surface area contributed by atoms with E-state index in [0.717, 1.165) is 4.83 Å². The predicted molar refractivity (Wildman–Crippen MR) is 40.3 cm³/mol. The third-order valence-corrected chi connectivity index (χ3v) is 2.41. The zero-order valence-electron chi connectivity index (χ0n) is 5.15. The molecule has 0 aromatic carbocycles. The summed E-state index contributed by atoms with van der Waals surface area (Å²) < 4.78 is 0. The highest BCUT2D eigenvalue weighted by Gasteiger charge is 2.06. The van der Waals surface area contributed by atoms with Crippen LogP contribution < -0.4 is 0 Å². The van der Waals surface area contributed by atoms with Gasteiger partial charge in [0.05, 0.1) is 0 Å². The molecule has 0 bridgehead atoms. The fraction of sp³-hybridized carbons (Fsp3) is 0.714. The number of hydrogen-bond donors (Lipinski definition) is 0. The Labute approximate surface area is 59.1 Å². The summed E-state index contributed by atoms with van der Waals surface area (Å²) in [6, 6.07) is 0. The topological polar surface area (TPSA) is 0 Å². The van der Waals surface area contributed by atoms with Crippen molar-refractivity contribution in [1.82, 2.24) is 0 Å². The van der Waals surface area contributed by atoms with Gasteiger partial charge >= 0.3 is 0 Å². The van der Waals surface area contributed by atoms with Gasteiger partial charge in [-0.1, -0.05) is 27.6 Å². The monoisotopic (exact) mass is 174 g/mol. The Hall–Kier alpha value is 0.220. The van der Waals surface area contributed by atoms with Crippen molar-refractivity contribution < 1.29 is 0 Å². The molecule has 0 N–H and O–H groups in total. The van der Waals surface area contributed by atoms with E-state index >= 15 is 0 Å². The van der Waals surface area contributed by atoms with Crippen molar-refractivity contribution in [3.05, 3.63) is 11.6 Å². The second-order valence-electron chi connectivity index (χ2n) is 2.42. The molecule has 0 aliphatic heterocycles. The number of allylic oxidation sites excluding steroid dienone is 2. The average Bonchev–Trinajstić information content (AvgIpc) is 1.77. The Morgan fingerprint density at radius 1 is 1.75 bits per heavy atom. The van der Waals surface area contributed by atoms with Crippen molar-refractivity contribution in [1.29, 1.82) is 0 Å². The third kappa shape index (κ3) is 1.62. The molecule has 0 saturated heterocycles. The van der Waals surface area contributed by atoms with Crippen LogP contribution in [0.4, 0.5) is 0 Å². The average molecular weight is 175 g/mol. The molecular weight excluding hydrogens is 164 g/mol. The first-order valence-corrected chi connectivity index (χ1v) is 4.00. The summed E-state index contributed by atoms with van der Waals surface area (Å²) in [7, 11) is 0. The lowest BCUT2D eigenvalue weighted by molar-refractivity contribution is 0.728. The summed E-state index contributed by atoms with van der Waals surface area (Å²) in [5, 5.41) is 0. The Morgan fingerprint density at radius 3 is 2.88 bits per heavy atom. The van der Waals surface area contributed by atoms with Crippen LogP contribution in [0, 0.1) is 0 Å². The summed E-state index contributed by atoms with van der Waals surface area (Å²) >= 11 is 3.57. The highest BCUT2D eigenvalue weighted by Crippen LogP contribution is 2.22. The van der Waals surface area contributed by atoms with E-state index in [1.165, 1.54) is 19.3 Å². The van der Waals surface area contributed by atoms with Gasteiger partial charge in [-0.15, -0.1) is 0 Å². The first-order chi connectivity index (χ1) is 3.79. The molecule has 0 aromatic rings. The molecule has 1 rings (SSSR count). The molecule has 0 radical (unpaired) electrons. The number of halogens is 1. The standard InChI is InChI=1S/C7H11Br/c1-6-2-4-7(8)5-3-6/h2,7H,3-5H2,1H3/t7-/m1/s1. The summed E-state index contributed by atoms with van der Waals surface area (Å²) in [6.45, 7) is 2.21. The first-order valence-electron chi connectivity index (χ1n) is 3.09. The summed E-state index contributed by atoms with van der Waals surface area (Å²) in [5.41, 5.74) is 1.56. The Balaban J connectivity index is 2.42. The zero-order chi connectivity index (χ0) is 5.98. The summed E-state index contributed by atoms with van der Waals surface area (Å²) in [5.74, 6) is 0. The Kier molecular flexibility index (Phi) is 2.12. The predicted octanol–water partition coefficient (Wildman–Crippen LogP) is 2.88. The molecule has 1 aliphatic rings. The van der Waals surface area contributed by atoms with E-state index in [9.17, 15) is 0 Å². The van der Waals surface area contributed by atoms with Crippen molar-refractivity contribution >= 4 is 15.9 Å². The van der Waals surface area contributed by atoms with Crippen LogP contribution >= 0.6 is 15.9 Å². The SMILES string of the molecule is CC1=CC[C@@H](Br)CC1. The van der Waals surface area contributed by atoms with Crippen molar-refractivity contribution in [2.75, 3.05) is 0 Å². The Morgan fingerprint density at radius 2 is 2.50 bits per heavy atom. The molecule has 0 unspecified atom stereocenters. The minimum Gasteiger partial charge on any atom is -0.0887 e. The van der Waals surface area contributed by atoms with Gasteiger partial charge in [-0.25, -0.2) is 0 Å². The molecule has 0 spiro atoms. The highest BCUT2D eigenvalue weighted by molar-refractivity contribution is 9.09. The van der Waals surface area contributed by atoms with Crippen molar-refractivity contribution in [2.45, 2.75) is 31.0 Å². The van der Waals surface area contributed by atoms with Crippen molar-refractivity contribution in [3.63, 3.8) is 0 Å². The molecule has 1 aliphatic carbocycles. The molecule has 46 valence electrons. The third-order valence-electron chi connectivity index (χ3n) is 1.57. The van der Waals surface area contributed by atoms with Crippen LogP contribution in [0.1, 0.15) is 26.2 Å². The number of rotatable bonds is 0. The molecular formula is C7H11Br. The minimum absolute atomic E-state index is 0.756. The molecule has 0 heterocycles. The van der Waals surface area contributed by atoms with Gasteiger partial charge in [0.15, 0.2) is 0 Å². The van der Waals surface area contributed by atoms with Crippen LogP contribution in [-0.2, 0) is 0 Å². The number of alkyl halides is 1. The quantitative estimate of drug-likeness (QED) is 0.392. The van der Waals surface area contributed by atoms with E-state index in [4.69, 9.17) is 0 Å². The van der Waals surface area contributed by atoms with E-state index in [1.54, 1.807) is 5.57 Å². The van der Waals surface area contributed by atoms with Gasteiger partial charge in [-0.2, -0.15) is 0 Å². The molecule has 8 heavy (non-hydrogen) atoms. The van der Waals surface area contributed by atoms with Gasteiger partial charge < -0.3 is 0 Å². The van der Waals surface area contributed by atoms with E-state index < -0.39 is 0 Å². The van der Waals surface area contributed by atoms with E-state index in [2.05, 4.69) is 28.9 Å². The Bertz CT molecular complexity index is 105. The van der Waals surface area contributed by atoms with Crippen LogP contribution in [0.25, 0.3) is 0 Å². The van der Waals surface area contributed by atoms with E-state index in [-0.39, 0.29) is 0 Å². The van der Waals surface area contributed by atoms with Gasteiger partial charge in [-0.05, 0) is 26.2 Å². The number of hydrogen-bond acceptors (Lipinski definition) is 0. The van der Waals surface area contributed by atoms with Gasteiger partial charge in [0.25, 0.3) is 0 Å². The van der Waals surface area contributed by atoms with Gasteiger partial charge in [0.2, 0.25) is 0 Å². The molecule has 0 saturated carbocycles. The van der Waals surface area contributed by atoms with Crippen molar-refractivity contribution in [3.8, 4) is 0 Å². The van der Waals surface area contributed by atoms with Crippen LogP contribution in [0.2, 0.25) is 0 Å². The van der Waals surface area contributed by atoms with Gasteiger partial charge in [-0.3, -0.25) is 0 Å². The van der Waals surface area contributed by atoms with Crippen LogP contribution in [-0.4, -0.2) is 4.83 Å². The second-order valence-corrected chi connectivity index (χ2v) is 3.72. The van der Waals surface area contributed by atoms with Gasteiger partial charge in [0.1, 0.15) is 0 Å². The molecule has 1 atom stereocenters. The lowest BCUT2D eigenvalue weighted by Gasteiger charge is -2.12. The second kappa shape index (κ2) is 2.67. The van der Waals surface area contributed by atoms with E-state index in [0.29, 0.717) is 0 Å². The molecule has 0 nitrogen and oxygen atoms in total. The zero-order valence-corrected chi connectivity index (χ0v) is 6.74. The van der Waals surface area contributed by atoms with Crippen LogP contribution in [0.5, 0.6) is 0 Å². The minimum atomic E-state index is 0.756. The van der Waals surface area contributed by atoms with E-state index in [1.807, 2.05) is 0 Å². The largest absolute Gasteiger partial charge is 0.0887 e. The molecule has 0 fully saturated rings. The molecule has 0 aromatic heterocycles. The maximum absolute atomic E-state index is 3.57. The maximum Gasteiger partial charge on any atom is 0.0183 e. The van der Waals surface area contributed by atoms with Crippen LogP contribution in [0.15, 0.2) is 11.6 Å². The van der Waals surface area contributed by atoms with Crippen molar-refractivity contribution in [2.24, 2.45) is 0 Å². The lowest BCUT2D eigenvalue weighted by atomic mass is 10.0.